The van der Waals surface area contributed by atoms with Crippen LogP contribution in [0.3, 0.4) is 0 Å². The summed E-state index contributed by atoms with van der Waals surface area (Å²) in [6.07, 6.45) is 0. The lowest BCUT2D eigenvalue weighted by Crippen LogP contribution is -2.44. The maximum absolute atomic E-state index is 5.38. The zero-order chi connectivity index (χ0) is 17.2. The lowest BCUT2D eigenvalue weighted by Gasteiger charge is -2.26. The van der Waals surface area contributed by atoms with Crippen LogP contribution >= 0.6 is 24.0 Å². The fourth-order valence-corrected chi connectivity index (χ4v) is 2.81. The molecular formula is C19H33IN4O. The molecule has 6 heteroatoms. The van der Waals surface area contributed by atoms with Crippen molar-refractivity contribution in [3.8, 4) is 0 Å². The zero-order valence-corrected chi connectivity index (χ0v) is 18.1. The topological polar surface area (TPSA) is 48.9 Å². The van der Waals surface area contributed by atoms with Gasteiger partial charge < -0.3 is 15.4 Å². The quantitative estimate of drug-likeness (QED) is 0.373. The van der Waals surface area contributed by atoms with Crippen LogP contribution in [-0.2, 0) is 4.74 Å². The highest BCUT2D eigenvalue weighted by atomic mass is 127. The second-order valence-corrected chi connectivity index (χ2v) is 6.42. The molecule has 2 N–H and O–H groups in total. The SMILES string of the molecule is CCNC(=NCC(C)c1cccc(C)c1)NCCN1CCOCC1.I. The van der Waals surface area contributed by atoms with Gasteiger partial charge in [0.2, 0.25) is 0 Å². The van der Waals surface area contributed by atoms with E-state index in [1.165, 1.54) is 11.1 Å². The van der Waals surface area contributed by atoms with E-state index in [0.717, 1.165) is 58.4 Å². The van der Waals surface area contributed by atoms with Gasteiger partial charge in [0.25, 0.3) is 0 Å². The molecule has 0 aliphatic carbocycles. The van der Waals surface area contributed by atoms with Crippen molar-refractivity contribution in [1.29, 1.82) is 0 Å². The van der Waals surface area contributed by atoms with Crippen molar-refractivity contribution >= 4 is 29.9 Å². The van der Waals surface area contributed by atoms with Gasteiger partial charge in [-0.05, 0) is 19.4 Å². The molecule has 0 spiro atoms. The van der Waals surface area contributed by atoms with Gasteiger partial charge in [0.15, 0.2) is 5.96 Å². The Hall–Kier alpha value is -0.860. The molecule has 1 saturated heterocycles. The molecule has 0 aromatic heterocycles. The Morgan fingerprint density at radius 1 is 1.28 bits per heavy atom. The summed E-state index contributed by atoms with van der Waals surface area (Å²) in [5, 5.41) is 6.78. The molecule has 1 aromatic rings. The highest BCUT2D eigenvalue weighted by Gasteiger charge is 2.10. The van der Waals surface area contributed by atoms with E-state index >= 15 is 0 Å². The Balaban J connectivity index is 0.00000312. The summed E-state index contributed by atoms with van der Waals surface area (Å²) in [6.45, 7) is 13.8. The van der Waals surface area contributed by atoms with Crippen LogP contribution in [0.1, 0.15) is 30.9 Å². The van der Waals surface area contributed by atoms with Gasteiger partial charge in [-0.1, -0.05) is 36.8 Å². The number of nitrogens with one attached hydrogen (secondary N) is 2. The predicted molar refractivity (Wildman–Crippen MR) is 116 cm³/mol. The largest absolute Gasteiger partial charge is 0.379 e. The normalized spacial score (nSPS) is 16.8. The maximum Gasteiger partial charge on any atom is 0.191 e. The fraction of sp³-hybridized carbons (Fsp3) is 0.632. The van der Waals surface area contributed by atoms with Gasteiger partial charge in [0, 0.05) is 45.2 Å². The molecule has 1 heterocycles. The summed E-state index contributed by atoms with van der Waals surface area (Å²) in [5.74, 6) is 1.32. The number of guanidine groups is 1. The summed E-state index contributed by atoms with van der Waals surface area (Å²) < 4.78 is 5.38. The smallest absolute Gasteiger partial charge is 0.191 e. The van der Waals surface area contributed by atoms with E-state index in [1.54, 1.807) is 0 Å². The average Bonchev–Trinajstić information content (AvgIpc) is 2.60. The van der Waals surface area contributed by atoms with Crippen molar-refractivity contribution in [2.24, 2.45) is 4.99 Å². The first-order valence-corrected chi connectivity index (χ1v) is 9.08. The Morgan fingerprint density at radius 2 is 2.04 bits per heavy atom. The van der Waals surface area contributed by atoms with Crippen LogP contribution in [0.2, 0.25) is 0 Å². The molecule has 2 rings (SSSR count). The molecule has 1 aromatic carbocycles. The molecule has 0 radical (unpaired) electrons. The summed E-state index contributed by atoms with van der Waals surface area (Å²) in [6, 6.07) is 8.69. The number of hydrogen-bond acceptors (Lipinski definition) is 3. The number of nitrogens with zero attached hydrogens (tertiary/aromatic N) is 2. The monoisotopic (exact) mass is 460 g/mol. The minimum Gasteiger partial charge on any atom is -0.379 e. The van der Waals surface area contributed by atoms with Gasteiger partial charge in [-0.25, -0.2) is 0 Å². The van der Waals surface area contributed by atoms with Gasteiger partial charge in [0.05, 0.1) is 13.2 Å². The minimum absolute atomic E-state index is 0. The van der Waals surface area contributed by atoms with Crippen molar-refractivity contribution < 1.29 is 4.74 Å². The van der Waals surface area contributed by atoms with Crippen molar-refractivity contribution in [3.05, 3.63) is 35.4 Å². The summed E-state index contributed by atoms with van der Waals surface area (Å²) in [5.41, 5.74) is 2.65. The number of rotatable bonds is 7. The van der Waals surface area contributed by atoms with Crippen molar-refractivity contribution in [2.75, 3.05) is 52.5 Å². The molecule has 5 nitrogen and oxygen atoms in total. The lowest BCUT2D eigenvalue weighted by molar-refractivity contribution is 0.0389. The van der Waals surface area contributed by atoms with Crippen LogP contribution in [0.25, 0.3) is 0 Å². The molecule has 25 heavy (non-hydrogen) atoms. The molecule has 0 saturated carbocycles. The summed E-state index contributed by atoms with van der Waals surface area (Å²) in [7, 11) is 0. The van der Waals surface area contributed by atoms with Crippen LogP contribution in [0.15, 0.2) is 29.3 Å². The average molecular weight is 460 g/mol. The van der Waals surface area contributed by atoms with Crippen LogP contribution in [0, 0.1) is 6.92 Å². The number of benzene rings is 1. The number of ether oxygens (including phenoxy) is 1. The Morgan fingerprint density at radius 3 is 2.72 bits per heavy atom. The fourth-order valence-electron chi connectivity index (χ4n) is 2.81. The van der Waals surface area contributed by atoms with Crippen molar-refractivity contribution in [3.63, 3.8) is 0 Å². The summed E-state index contributed by atoms with van der Waals surface area (Å²) >= 11 is 0. The molecule has 1 atom stereocenters. The molecular weight excluding hydrogens is 427 g/mol. The van der Waals surface area contributed by atoms with Gasteiger partial charge >= 0.3 is 0 Å². The number of aliphatic imine (C=N–C) groups is 1. The van der Waals surface area contributed by atoms with E-state index in [2.05, 4.69) is 60.6 Å². The number of hydrogen-bond donors (Lipinski definition) is 2. The lowest BCUT2D eigenvalue weighted by atomic mass is 10.00. The van der Waals surface area contributed by atoms with Crippen LogP contribution in [0.4, 0.5) is 0 Å². The van der Waals surface area contributed by atoms with E-state index in [1.807, 2.05) is 0 Å². The molecule has 0 amide bonds. The van der Waals surface area contributed by atoms with Gasteiger partial charge in [-0.15, -0.1) is 24.0 Å². The Labute approximate surface area is 169 Å². The van der Waals surface area contributed by atoms with Crippen molar-refractivity contribution in [2.45, 2.75) is 26.7 Å². The second-order valence-electron chi connectivity index (χ2n) is 6.42. The Kier molecular flexibility index (Phi) is 11.1. The first-order chi connectivity index (χ1) is 11.7. The third-order valence-corrected chi connectivity index (χ3v) is 4.30. The molecule has 1 aliphatic heterocycles. The van der Waals surface area contributed by atoms with Gasteiger partial charge in [-0.3, -0.25) is 9.89 Å². The third kappa shape index (κ3) is 8.37. The van der Waals surface area contributed by atoms with E-state index in [4.69, 9.17) is 9.73 Å². The first kappa shape index (κ1) is 22.2. The summed E-state index contributed by atoms with van der Waals surface area (Å²) in [4.78, 5) is 7.18. The highest BCUT2D eigenvalue weighted by Crippen LogP contribution is 2.16. The van der Waals surface area contributed by atoms with Crippen LogP contribution in [0.5, 0.6) is 0 Å². The number of morpholine rings is 1. The Bertz CT molecular complexity index is 518. The predicted octanol–water partition coefficient (Wildman–Crippen LogP) is 2.60. The van der Waals surface area contributed by atoms with E-state index < -0.39 is 0 Å². The van der Waals surface area contributed by atoms with Crippen molar-refractivity contribution in [1.82, 2.24) is 15.5 Å². The first-order valence-electron chi connectivity index (χ1n) is 9.08. The highest BCUT2D eigenvalue weighted by molar-refractivity contribution is 14.0. The molecule has 1 unspecified atom stereocenters. The van der Waals surface area contributed by atoms with Crippen LogP contribution in [-0.4, -0.2) is 63.3 Å². The van der Waals surface area contributed by atoms with E-state index in [-0.39, 0.29) is 24.0 Å². The zero-order valence-electron chi connectivity index (χ0n) is 15.8. The third-order valence-electron chi connectivity index (χ3n) is 4.30. The molecule has 1 aliphatic rings. The molecule has 1 fully saturated rings. The van der Waals surface area contributed by atoms with E-state index in [9.17, 15) is 0 Å². The van der Waals surface area contributed by atoms with Gasteiger partial charge in [-0.2, -0.15) is 0 Å². The number of halogens is 1. The molecule has 0 bridgehead atoms. The van der Waals surface area contributed by atoms with E-state index in [0.29, 0.717) is 5.92 Å². The molecule has 142 valence electrons. The standard InChI is InChI=1S/C19H32N4O.HI/c1-4-20-19(21-8-9-23-10-12-24-13-11-23)22-15-17(3)18-7-5-6-16(2)14-18;/h5-7,14,17H,4,8-13,15H2,1-3H3,(H2,20,21,22);1H. The van der Waals surface area contributed by atoms with Crippen LogP contribution < -0.4 is 10.6 Å². The van der Waals surface area contributed by atoms with Gasteiger partial charge in [0.1, 0.15) is 0 Å². The second kappa shape index (κ2) is 12.5. The minimum atomic E-state index is 0. The maximum atomic E-state index is 5.38. The number of aryl methyl sites for hydroxylation is 1.